The highest BCUT2D eigenvalue weighted by atomic mass is 14.9. The third-order valence-electron chi connectivity index (χ3n) is 3.00. The van der Waals surface area contributed by atoms with Gasteiger partial charge in [-0.15, -0.1) is 0 Å². The van der Waals surface area contributed by atoms with E-state index in [-0.39, 0.29) is 0 Å². The van der Waals surface area contributed by atoms with Gasteiger partial charge in [-0.2, -0.15) is 0 Å². The van der Waals surface area contributed by atoms with Crippen LogP contribution in [-0.2, 0) is 6.54 Å². The topological polar surface area (TPSA) is 64.7 Å². The molecule has 0 saturated heterocycles. The maximum Gasteiger partial charge on any atom is 0.159 e. The Kier molecular flexibility index (Phi) is 3.48. The number of hydrogen-bond acceptors (Lipinski definition) is 4. The van der Waals surface area contributed by atoms with Crippen LogP contribution in [0, 0.1) is 0 Å². The molecule has 98 valence electrons. The van der Waals surface area contributed by atoms with Crippen molar-refractivity contribution in [2.45, 2.75) is 6.54 Å². The van der Waals surface area contributed by atoms with Crippen molar-refractivity contribution in [3.8, 4) is 22.8 Å². The molecule has 3 aromatic rings. The molecule has 20 heavy (non-hydrogen) atoms. The standard InChI is InChI=1S/C16H14N4/c17-11-12-4-3-5-13(10-12)16-19-9-7-15(20-16)14-6-1-2-8-18-14/h1-10H,11,17H2. The second-order valence-electron chi connectivity index (χ2n) is 4.38. The summed E-state index contributed by atoms with van der Waals surface area (Å²) in [5, 5.41) is 0. The number of pyridine rings is 1. The van der Waals surface area contributed by atoms with Gasteiger partial charge in [0.1, 0.15) is 0 Å². The van der Waals surface area contributed by atoms with Gasteiger partial charge in [0, 0.05) is 24.5 Å². The van der Waals surface area contributed by atoms with Gasteiger partial charge < -0.3 is 5.73 Å². The molecule has 0 saturated carbocycles. The minimum Gasteiger partial charge on any atom is -0.326 e. The van der Waals surface area contributed by atoms with Crippen LogP contribution in [0.4, 0.5) is 0 Å². The smallest absolute Gasteiger partial charge is 0.159 e. The van der Waals surface area contributed by atoms with E-state index in [1.54, 1.807) is 12.4 Å². The van der Waals surface area contributed by atoms with Crippen molar-refractivity contribution in [1.29, 1.82) is 0 Å². The van der Waals surface area contributed by atoms with Crippen molar-refractivity contribution in [3.63, 3.8) is 0 Å². The Hall–Kier alpha value is -2.59. The molecular weight excluding hydrogens is 248 g/mol. The molecule has 2 aromatic heterocycles. The van der Waals surface area contributed by atoms with Crippen molar-refractivity contribution in [2.75, 3.05) is 0 Å². The summed E-state index contributed by atoms with van der Waals surface area (Å²) in [7, 11) is 0. The average molecular weight is 262 g/mol. The molecule has 4 heteroatoms. The van der Waals surface area contributed by atoms with Gasteiger partial charge in [-0.1, -0.05) is 24.3 Å². The molecule has 2 heterocycles. The van der Waals surface area contributed by atoms with Gasteiger partial charge in [0.05, 0.1) is 11.4 Å². The van der Waals surface area contributed by atoms with Gasteiger partial charge in [0.15, 0.2) is 5.82 Å². The molecule has 0 aliphatic heterocycles. The van der Waals surface area contributed by atoms with Gasteiger partial charge in [0.2, 0.25) is 0 Å². The van der Waals surface area contributed by atoms with Crippen LogP contribution < -0.4 is 5.73 Å². The Morgan fingerprint density at radius 3 is 2.60 bits per heavy atom. The summed E-state index contributed by atoms with van der Waals surface area (Å²) >= 11 is 0. The normalized spacial score (nSPS) is 10.4. The first-order valence-corrected chi connectivity index (χ1v) is 6.40. The number of hydrogen-bond donors (Lipinski definition) is 1. The van der Waals surface area contributed by atoms with Crippen molar-refractivity contribution < 1.29 is 0 Å². The third-order valence-corrected chi connectivity index (χ3v) is 3.00. The highest BCUT2D eigenvalue weighted by molar-refractivity contribution is 5.61. The van der Waals surface area contributed by atoms with Gasteiger partial charge in [-0.3, -0.25) is 4.98 Å². The lowest BCUT2D eigenvalue weighted by molar-refractivity contribution is 1.07. The molecule has 0 unspecified atom stereocenters. The summed E-state index contributed by atoms with van der Waals surface area (Å²) in [6.07, 6.45) is 3.51. The molecule has 0 spiro atoms. The summed E-state index contributed by atoms with van der Waals surface area (Å²) < 4.78 is 0. The zero-order chi connectivity index (χ0) is 13.8. The molecule has 0 bridgehead atoms. The molecule has 4 nitrogen and oxygen atoms in total. The van der Waals surface area contributed by atoms with E-state index in [0.29, 0.717) is 12.4 Å². The van der Waals surface area contributed by atoms with E-state index in [1.165, 1.54) is 0 Å². The first-order valence-electron chi connectivity index (χ1n) is 6.40. The zero-order valence-electron chi connectivity index (χ0n) is 10.9. The van der Waals surface area contributed by atoms with E-state index in [4.69, 9.17) is 5.73 Å². The first kappa shape index (κ1) is 12.4. The maximum absolute atomic E-state index is 5.67. The Morgan fingerprint density at radius 1 is 0.850 bits per heavy atom. The van der Waals surface area contributed by atoms with Crippen molar-refractivity contribution >= 4 is 0 Å². The van der Waals surface area contributed by atoms with E-state index < -0.39 is 0 Å². The highest BCUT2D eigenvalue weighted by Crippen LogP contribution is 2.19. The summed E-state index contributed by atoms with van der Waals surface area (Å²) in [5.41, 5.74) is 9.35. The fourth-order valence-corrected chi connectivity index (χ4v) is 1.99. The number of aromatic nitrogens is 3. The third kappa shape index (κ3) is 2.55. The van der Waals surface area contributed by atoms with E-state index in [2.05, 4.69) is 15.0 Å². The number of benzene rings is 1. The number of rotatable bonds is 3. The van der Waals surface area contributed by atoms with Crippen LogP contribution in [0.3, 0.4) is 0 Å². The minimum atomic E-state index is 0.508. The second-order valence-corrected chi connectivity index (χ2v) is 4.38. The molecule has 0 fully saturated rings. The van der Waals surface area contributed by atoms with E-state index in [9.17, 15) is 0 Å². The predicted molar refractivity (Wildman–Crippen MR) is 78.6 cm³/mol. The van der Waals surface area contributed by atoms with E-state index in [1.807, 2.05) is 48.5 Å². The SMILES string of the molecule is NCc1cccc(-c2nccc(-c3ccccn3)n2)c1. The van der Waals surface area contributed by atoms with Gasteiger partial charge in [0.25, 0.3) is 0 Å². The van der Waals surface area contributed by atoms with E-state index in [0.717, 1.165) is 22.5 Å². The summed E-state index contributed by atoms with van der Waals surface area (Å²) in [4.78, 5) is 13.2. The average Bonchev–Trinajstić information content (AvgIpc) is 2.56. The first-order chi connectivity index (χ1) is 9.86. The van der Waals surface area contributed by atoms with Crippen LogP contribution in [0.25, 0.3) is 22.8 Å². The molecule has 3 rings (SSSR count). The Bertz CT molecular complexity index is 710. The summed E-state index contributed by atoms with van der Waals surface area (Å²) in [6.45, 7) is 0.508. The van der Waals surface area contributed by atoms with Crippen LogP contribution in [0.15, 0.2) is 60.9 Å². The maximum atomic E-state index is 5.67. The predicted octanol–water partition coefficient (Wildman–Crippen LogP) is 2.66. The largest absolute Gasteiger partial charge is 0.326 e. The highest BCUT2D eigenvalue weighted by Gasteiger charge is 2.05. The van der Waals surface area contributed by atoms with Gasteiger partial charge >= 0.3 is 0 Å². The molecule has 0 amide bonds. The fraction of sp³-hybridized carbons (Fsp3) is 0.0625. The lowest BCUT2D eigenvalue weighted by atomic mass is 10.1. The lowest BCUT2D eigenvalue weighted by Gasteiger charge is -2.05. The molecule has 0 atom stereocenters. The van der Waals surface area contributed by atoms with Crippen molar-refractivity contribution in [3.05, 3.63) is 66.5 Å². The molecular formula is C16H14N4. The van der Waals surface area contributed by atoms with Crippen molar-refractivity contribution in [1.82, 2.24) is 15.0 Å². The van der Waals surface area contributed by atoms with Gasteiger partial charge in [-0.25, -0.2) is 9.97 Å². The van der Waals surface area contributed by atoms with Crippen LogP contribution in [0.5, 0.6) is 0 Å². The molecule has 0 aliphatic rings. The Morgan fingerprint density at radius 2 is 1.80 bits per heavy atom. The molecule has 2 N–H and O–H groups in total. The molecule has 1 aromatic carbocycles. The quantitative estimate of drug-likeness (QED) is 0.788. The zero-order valence-corrected chi connectivity index (χ0v) is 10.9. The van der Waals surface area contributed by atoms with Crippen LogP contribution in [0.2, 0.25) is 0 Å². The Labute approximate surface area is 117 Å². The number of nitrogens with zero attached hydrogens (tertiary/aromatic N) is 3. The van der Waals surface area contributed by atoms with E-state index >= 15 is 0 Å². The monoisotopic (exact) mass is 262 g/mol. The summed E-state index contributed by atoms with van der Waals surface area (Å²) in [6, 6.07) is 15.6. The van der Waals surface area contributed by atoms with Crippen LogP contribution >= 0.6 is 0 Å². The van der Waals surface area contributed by atoms with Crippen LogP contribution in [0.1, 0.15) is 5.56 Å². The minimum absolute atomic E-state index is 0.508. The molecule has 0 aliphatic carbocycles. The Balaban J connectivity index is 2.03. The fourth-order valence-electron chi connectivity index (χ4n) is 1.99. The van der Waals surface area contributed by atoms with Crippen molar-refractivity contribution in [2.24, 2.45) is 5.73 Å². The van der Waals surface area contributed by atoms with Gasteiger partial charge in [-0.05, 0) is 29.8 Å². The second kappa shape index (κ2) is 5.59. The summed E-state index contributed by atoms with van der Waals surface area (Å²) in [5.74, 6) is 0.684. The van der Waals surface area contributed by atoms with Crippen LogP contribution in [-0.4, -0.2) is 15.0 Å². The lowest BCUT2D eigenvalue weighted by Crippen LogP contribution is -1.97. The number of nitrogens with two attached hydrogens (primary N) is 1. The molecule has 0 radical (unpaired) electrons.